The molecule has 0 unspecified atom stereocenters. The summed E-state index contributed by atoms with van der Waals surface area (Å²) in [6.07, 6.45) is 2.67. The molecule has 0 radical (unpaired) electrons. The van der Waals surface area contributed by atoms with Crippen molar-refractivity contribution in [1.29, 1.82) is 0 Å². The van der Waals surface area contributed by atoms with Gasteiger partial charge in [-0.25, -0.2) is 4.79 Å². The average Bonchev–Trinajstić information content (AvgIpc) is 2.83. The Kier molecular flexibility index (Phi) is 5.00. The number of aromatic nitrogens is 2. The molecular formula is C16H19N3O4. The lowest BCUT2D eigenvalue weighted by molar-refractivity contribution is -0.116. The first-order valence-electron chi connectivity index (χ1n) is 7.11. The zero-order valence-electron chi connectivity index (χ0n) is 13.3. The van der Waals surface area contributed by atoms with Crippen molar-refractivity contribution in [3.05, 3.63) is 41.2 Å². The van der Waals surface area contributed by atoms with Crippen molar-refractivity contribution in [2.45, 2.75) is 19.8 Å². The number of ether oxygens (including phenoxy) is 1. The Hall–Kier alpha value is -2.83. The summed E-state index contributed by atoms with van der Waals surface area (Å²) >= 11 is 0. The fourth-order valence-electron chi connectivity index (χ4n) is 2.29. The molecule has 0 fully saturated rings. The maximum atomic E-state index is 12.1. The number of hydrogen-bond acceptors (Lipinski definition) is 4. The van der Waals surface area contributed by atoms with E-state index in [1.165, 1.54) is 19.2 Å². The lowest BCUT2D eigenvalue weighted by Crippen LogP contribution is -2.15. The lowest BCUT2D eigenvalue weighted by atomic mass is 10.1. The van der Waals surface area contributed by atoms with Crippen LogP contribution in [0.1, 0.15) is 28.0 Å². The van der Waals surface area contributed by atoms with Gasteiger partial charge in [0.2, 0.25) is 5.91 Å². The molecule has 2 N–H and O–H groups in total. The number of aryl methyl sites for hydroxylation is 3. The number of benzene rings is 1. The molecule has 0 saturated heterocycles. The van der Waals surface area contributed by atoms with Crippen LogP contribution in [0, 0.1) is 6.92 Å². The van der Waals surface area contributed by atoms with Gasteiger partial charge in [-0.05, 0) is 37.1 Å². The summed E-state index contributed by atoms with van der Waals surface area (Å²) in [6.45, 7) is 1.89. The number of aromatic carboxylic acids is 1. The van der Waals surface area contributed by atoms with Crippen molar-refractivity contribution < 1.29 is 19.4 Å². The molecule has 2 aromatic rings. The van der Waals surface area contributed by atoms with E-state index in [-0.39, 0.29) is 23.6 Å². The van der Waals surface area contributed by atoms with Crippen LogP contribution in [-0.4, -0.2) is 33.9 Å². The molecule has 1 aromatic carbocycles. The second kappa shape index (κ2) is 6.95. The fourth-order valence-corrected chi connectivity index (χ4v) is 2.29. The van der Waals surface area contributed by atoms with Gasteiger partial charge in [0.15, 0.2) is 0 Å². The number of methoxy groups -OCH3 is 1. The van der Waals surface area contributed by atoms with Gasteiger partial charge in [-0.15, -0.1) is 0 Å². The number of carbonyl (C=O) groups is 2. The molecule has 7 heteroatoms. The highest BCUT2D eigenvalue weighted by Gasteiger charge is 2.14. The highest BCUT2D eigenvalue weighted by molar-refractivity contribution is 6.00. The van der Waals surface area contributed by atoms with Gasteiger partial charge in [0, 0.05) is 19.7 Å². The predicted octanol–water partition coefficient (Wildman–Crippen LogP) is 2.01. The second-order valence-electron chi connectivity index (χ2n) is 5.18. The number of amides is 1. The third kappa shape index (κ3) is 4.09. The summed E-state index contributed by atoms with van der Waals surface area (Å²) in [6, 6.07) is 4.51. The van der Waals surface area contributed by atoms with Crippen LogP contribution >= 0.6 is 0 Å². The summed E-state index contributed by atoms with van der Waals surface area (Å²) in [7, 11) is 3.28. The number of nitrogens with one attached hydrogen (secondary N) is 1. The van der Waals surface area contributed by atoms with Gasteiger partial charge in [-0.2, -0.15) is 5.10 Å². The fraction of sp³-hybridized carbons (Fsp3) is 0.312. The molecule has 1 heterocycles. The standard InChI is InChI=1S/C16H19N3O4/c1-10-11(9-19(2)18-10)4-7-15(20)17-14-6-5-12(23-3)8-13(14)16(21)22/h5-6,8-9H,4,7H2,1-3H3,(H,17,20)(H,21,22). The zero-order valence-corrected chi connectivity index (χ0v) is 13.3. The number of carboxylic acids is 1. The van der Waals surface area contributed by atoms with Crippen LogP contribution in [0.25, 0.3) is 0 Å². The van der Waals surface area contributed by atoms with E-state index in [2.05, 4.69) is 10.4 Å². The third-order valence-electron chi connectivity index (χ3n) is 3.47. The minimum Gasteiger partial charge on any atom is -0.497 e. The molecule has 0 spiro atoms. The van der Waals surface area contributed by atoms with Gasteiger partial charge >= 0.3 is 5.97 Å². The van der Waals surface area contributed by atoms with E-state index >= 15 is 0 Å². The molecule has 0 saturated carbocycles. The van der Waals surface area contributed by atoms with E-state index in [1.54, 1.807) is 10.7 Å². The van der Waals surface area contributed by atoms with E-state index in [4.69, 9.17) is 4.74 Å². The maximum absolute atomic E-state index is 12.1. The molecule has 2 rings (SSSR count). The smallest absolute Gasteiger partial charge is 0.337 e. The van der Waals surface area contributed by atoms with Gasteiger partial charge in [-0.3, -0.25) is 9.48 Å². The van der Waals surface area contributed by atoms with Crippen LogP contribution < -0.4 is 10.1 Å². The minimum atomic E-state index is -1.12. The largest absolute Gasteiger partial charge is 0.497 e. The molecular weight excluding hydrogens is 298 g/mol. The van der Waals surface area contributed by atoms with Crippen LogP contribution in [0.15, 0.2) is 24.4 Å². The van der Waals surface area contributed by atoms with E-state index in [1.807, 2.05) is 20.2 Å². The Balaban J connectivity index is 2.05. The van der Waals surface area contributed by atoms with Gasteiger partial charge in [0.05, 0.1) is 24.1 Å². The lowest BCUT2D eigenvalue weighted by Gasteiger charge is -2.10. The number of anilines is 1. The topological polar surface area (TPSA) is 93.5 Å². The highest BCUT2D eigenvalue weighted by atomic mass is 16.5. The van der Waals surface area contributed by atoms with E-state index in [0.717, 1.165) is 11.3 Å². The van der Waals surface area contributed by atoms with Crippen molar-refractivity contribution >= 4 is 17.6 Å². The Labute approximate surface area is 133 Å². The second-order valence-corrected chi connectivity index (χ2v) is 5.18. The summed E-state index contributed by atoms with van der Waals surface area (Å²) in [5.41, 5.74) is 2.13. The Bertz CT molecular complexity index is 737. The third-order valence-corrected chi connectivity index (χ3v) is 3.47. The first kappa shape index (κ1) is 16.5. The van der Waals surface area contributed by atoms with Gasteiger partial charge < -0.3 is 15.2 Å². The van der Waals surface area contributed by atoms with Crippen LogP contribution in [0.4, 0.5) is 5.69 Å². The Morgan fingerprint density at radius 3 is 2.70 bits per heavy atom. The van der Waals surface area contributed by atoms with Crippen LogP contribution in [0.3, 0.4) is 0 Å². The summed E-state index contributed by atoms with van der Waals surface area (Å²) < 4.78 is 6.70. The monoisotopic (exact) mass is 317 g/mol. The van der Waals surface area contributed by atoms with Crippen LogP contribution in [0.5, 0.6) is 5.75 Å². The van der Waals surface area contributed by atoms with Crippen LogP contribution in [-0.2, 0) is 18.3 Å². The average molecular weight is 317 g/mol. The molecule has 0 bridgehead atoms. The van der Waals surface area contributed by atoms with E-state index in [0.29, 0.717) is 12.2 Å². The van der Waals surface area contributed by atoms with Crippen molar-refractivity contribution in [3.63, 3.8) is 0 Å². The Morgan fingerprint density at radius 2 is 2.13 bits per heavy atom. The first-order valence-corrected chi connectivity index (χ1v) is 7.11. The van der Waals surface area contributed by atoms with Gasteiger partial charge in [0.25, 0.3) is 0 Å². The predicted molar refractivity (Wildman–Crippen MR) is 84.8 cm³/mol. The van der Waals surface area contributed by atoms with Crippen molar-refractivity contribution in [2.75, 3.05) is 12.4 Å². The number of hydrogen-bond donors (Lipinski definition) is 2. The van der Waals surface area contributed by atoms with Gasteiger partial charge in [-0.1, -0.05) is 0 Å². The van der Waals surface area contributed by atoms with E-state index < -0.39 is 5.97 Å². The molecule has 0 aliphatic carbocycles. The molecule has 0 atom stereocenters. The molecule has 1 aromatic heterocycles. The number of rotatable bonds is 6. The van der Waals surface area contributed by atoms with E-state index in [9.17, 15) is 14.7 Å². The van der Waals surface area contributed by atoms with Crippen molar-refractivity contribution in [2.24, 2.45) is 7.05 Å². The quantitative estimate of drug-likeness (QED) is 0.850. The number of carbonyl (C=O) groups excluding carboxylic acids is 1. The normalized spacial score (nSPS) is 10.4. The SMILES string of the molecule is COc1ccc(NC(=O)CCc2cn(C)nc2C)c(C(=O)O)c1. The number of nitrogens with zero attached hydrogens (tertiary/aromatic N) is 2. The Morgan fingerprint density at radius 1 is 1.39 bits per heavy atom. The van der Waals surface area contributed by atoms with Crippen LogP contribution in [0.2, 0.25) is 0 Å². The van der Waals surface area contributed by atoms with Gasteiger partial charge in [0.1, 0.15) is 5.75 Å². The minimum absolute atomic E-state index is 0.00439. The molecule has 7 nitrogen and oxygen atoms in total. The van der Waals surface area contributed by atoms with Crippen molar-refractivity contribution in [3.8, 4) is 5.75 Å². The maximum Gasteiger partial charge on any atom is 0.337 e. The molecule has 0 aliphatic rings. The molecule has 23 heavy (non-hydrogen) atoms. The summed E-state index contributed by atoms with van der Waals surface area (Å²) in [5, 5.41) is 16.1. The molecule has 1 amide bonds. The molecule has 0 aliphatic heterocycles. The van der Waals surface area contributed by atoms with Crippen molar-refractivity contribution in [1.82, 2.24) is 9.78 Å². The molecule has 122 valence electrons. The highest BCUT2D eigenvalue weighted by Crippen LogP contribution is 2.22. The first-order chi connectivity index (χ1) is 10.9. The summed E-state index contributed by atoms with van der Waals surface area (Å²) in [5.74, 6) is -0.949. The zero-order chi connectivity index (χ0) is 17.0. The number of carboxylic acid groups (broad SMARTS) is 1. The summed E-state index contributed by atoms with van der Waals surface area (Å²) in [4.78, 5) is 23.4.